The van der Waals surface area contributed by atoms with Crippen molar-refractivity contribution in [1.82, 2.24) is 14.9 Å². The van der Waals surface area contributed by atoms with Crippen LogP contribution in [-0.4, -0.2) is 16.1 Å². The first kappa shape index (κ1) is 15.7. The second kappa shape index (κ2) is 7.36. The van der Waals surface area contributed by atoms with Crippen LogP contribution in [0, 0.1) is 12.7 Å². The number of halogens is 1. The van der Waals surface area contributed by atoms with E-state index in [1.54, 1.807) is 13.0 Å². The number of rotatable bonds is 7. The molecular formula is C17H24FN3. The Balaban J connectivity index is 2.26. The third-order valence-corrected chi connectivity index (χ3v) is 3.70. The summed E-state index contributed by atoms with van der Waals surface area (Å²) in [5.41, 5.74) is 1.41. The van der Waals surface area contributed by atoms with Crippen molar-refractivity contribution in [1.29, 1.82) is 0 Å². The van der Waals surface area contributed by atoms with Crippen LogP contribution in [0.25, 0.3) is 0 Å². The van der Waals surface area contributed by atoms with Gasteiger partial charge in [0.05, 0.1) is 0 Å². The van der Waals surface area contributed by atoms with Gasteiger partial charge >= 0.3 is 0 Å². The molecule has 1 heterocycles. The summed E-state index contributed by atoms with van der Waals surface area (Å²) >= 11 is 0. The zero-order chi connectivity index (χ0) is 15.2. The van der Waals surface area contributed by atoms with E-state index in [-0.39, 0.29) is 11.9 Å². The van der Waals surface area contributed by atoms with Crippen LogP contribution in [0.15, 0.2) is 30.6 Å². The van der Waals surface area contributed by atoms with E-state index < -0.39 is 0 Å². The van der Waals surface area contributed by atoms with Gasteiger partial charge in [0.1, 0.15) is 11.6 Å². The number of imidazole rings is 1. The first-order chi connectivity index (χ1) is 10.2. The van der Waals surface area contributed by atoms with E-state index in [2.05, 4.69) is 21.8 Å². The molecule has 0 bridgehead atoms. The van der Waals surface area contributed by atoms with Crippen LogP contribution < -0.4 is 5.32 Å². The lowest BCUT2D eigenvalue weighted by Gasteiger charge is -2.20. The molecule has 1 atom stereocenters. The van der Waals surface area contributed by atoms with Crippen molar-refractivity contribution < 1.29 is 4.39 Å². The number of aryl methyl sites for hydroxylation is 2. The van der Waals surface area contributed by atoms with Gasteiger partial charge in [0.25, 0.3) is 0 Å². The highest BCUT2D eigenvalue weighted by atomic mass is 19.1. The second-order valence-corrected chi connectivity index (χ2v) is 5.33. The average Bonchev–Trinajstić information content (AvgIpc) is 2.89. The van der Waals surface area contributed by atoms with Crippen molar-refractivity contribution >= 4 is 0 Å². The maximum atomic E-state index is 14.4. The molecule has 4 heteroatoms. The van der Waals surface area contributed by atoms with Crippen molar-refractivity contribution in [3.63, 3.8) is 0 Å². The maximum Gasteiger partial charge on any atom is 0.130 e. The van der Waals surface area contributed by atoms with Gasteiger partial charge in [-0.05, 0) is 25.5 Å². The summed E-state index contributed by atoms with van der Waals surface area (Å²) in [6.45, 7) is 7.74. The largest absolute Gasteiger partial charge is 0.335 e. The van der Waals surface area contributed by atoms with E-state index in [1.807, 2.05) is 31.5 Å². The average molecular weight is 289 g/mol. The van der Waals surface area contributed by atoms with Crippen LogP contribution in [0.4, 0.5) is 4.39 Å². The highest BCUT2D eigenvalue weighted by molar-refractivity contribution is 5.28. The van der Waals surface area contributed by atoms with Gasteiger partial charge in [0.15, 0.2) is 0 Å². The van der Waals surface area contributed by atoms with E-state index in [0.717, 1.165) is 30.9 Å². The van der Waals surface area contributed by atoms with Crippen LogP contribution in [0.5, 0.6) is 0 Å². The fraction of sp³-hybridized carbons (Fsp3) is 0.471. The molecule has 0 saturated carbocycles. The zero-order valence-electron chi connectivity index (χ0n) is 13.1. The van der Waals surface area contributed by atoms with Gasteiger partial charge in [-0.15, -0.1) is 0 Å². The molecule has 0 radical (unpaired) electrons. The van der Waals surface area contributed by atoms with Crippen molar-refractivity contribution in [3.05, 3.63) is 53.4 Å². The Bertz CT molecular complexity index is 577. The van der Waals surface area contributed by atoms with Gasteiger partial charge < -0.3 is 9.88 Å². The summed E-state index contributed by atoms with van der Waals surface area (Å²) in [5.74, 6) is 0.890. The summed E-state index contributed by atoms with van der Waals surface area (Å²) in [5, 5.41) is 3.38. The molecule has 0 spiro atoms. The quantitative estimate of drug-likeness (QED) is 0.843. The SMILES string of the molecule is CCCn1ccnc1CC(NCC)c1cccc(C)c1F. The number of benzene rings is 1. The monoisotopic (exact) mass is 289 g/mol. The van der Waals surface area contributed by atoms with Gasteiger partial charge in [-0.1, -0.05) is 32.0 Å². The van der Waals surface area contributed by atoms with Crippen LogP contribution in [-0.2, 0) is 13.0 Å². The van der Waals surface area contributed by atoms with Crippen molar-refractivity contribution in [3.8, 4) is 0 Å². The molecule has 2 rings (SSSR count). The van der Waals surface area contributed by atoms with Crippen LogP contribution in [0.3, 0.4) is 0 Å². The minimum atomic E-state index is -0.114. The van der Waals surface area contributed by atoms with Gasteiger partial charge in [0.2, 0.25) is 0 Å². The summed E-state index contributed by atoms with van der Waals surface area (Å²) in [6.07, 6.45) is 5.57. The van der Waals surface area contributed by atoms with E-state index in [9.17, 15) is 4.39 Å². The Morgan fingerprint density at radius 3 is 2.86 bits per heavy atom. The summed E-state index contributed by atoms with van der Waals surface area (Å²) in [7, 11) is 0. The van der Waals surface area contributed by atoms with E-state index in [1.165, 1.54) is 0 Å². The molecule has 1 N–H and O–H groups in total. The smallest absolute Gasteiger partial charge is 0.130 e. The normalized spacial score (nSPS) is 12.6. The molecule has 21 heavy (non-hydrogen) atoms. The fourth-order valence-electron chi connectivity index (χ4n) is 2.63. The summed E-state index contributed by atoms with van der Waals surface area (Å²) < 4.78 is 16.5. The standard InChI is InChI=1S/C17H24FN3/c1-4-10-21-11-9-20-16(21)12-15(19-5-2)14-8-6-7-13(3)17(14)18/h6-9,11,15,19H,4-5,10,12H2,1-3H3. The molecule has 0 aliphatic rings. The zero-order valence-corrected chi connectivity index (χ0v) is 13.1. The van der Waals surface area contributed by atoms with Crippen LogP contribution in [0.1, 0.15) is 43.3 Å². The molecule has 0 amide bonds. The highest BCUT2D eigenvalue weighted by Crippen LogP contribution is 2.23. The lowest BCUT2D eigenvalue weighted by Crippen LogP contribution is -2.25. The Hall–Kier alpha value is -1.68. The van der Waals surface area contributed by atoms with E-state index >= 15 is 0 Å². The number of hydrogen-bond acceptors (Lipinski definition) is 2. The molecular weight excluding hydrogens is 265 g/mol. The maximum absolute atomic E-state index is 14.4. The molecule has 0 aliphatic heterocycles. The highest BCUT2D eigenvalue weighted by Gasteiger charge is 2.18. The second-order valence-electron chi connectivity index (χ2n) is 5.33. The third kappa shape index (κ3) is 3.70. The number of hydrogen-bond donors (Lipinski definition) is 1. The predicted octanol–water partition coefficient (Wildman–Crippen LogP) is 3.63. The number of aromatic nitrogens is 2. The minimum absolute atomic E-state index is 0.0482. The first-order valence-corrected chi connectivity index (χ1v) is 7.65. The number of nitrogens with zero attached hydrogens (tertiary/aromatic N) is 2. The molecule has 0 aliphatic carbocycles. The lowest BCUT2D eigenvalue weighted by molar-refractivity contribution is 0.487. The third-order valence-electron chi connectivity index (χ3n) is 3.70. The molecule has 2 aromatic rings. The molecule has 1 aromatic carbocycles. The Morgan fingerprint density at radius 2 is 2.14 bits per heavy atom. The van der Waals surface area contributed by atoms with Crippen LogP contribution in [0.2, 0.25) is 0 Å². The van der Waals surface area contributed by atoms with Crippen molar-refractivity contribution in [2.24, 2.45) is 0 Å². The summed E-state index contributed by atoms with van der Waals surface area (Å²) in [4.78, 5) is 4.43. The summed E-state index contributed by atoms with van der Waals surface area (Å²) in [6, 6.07) is 5.53. The minimum Gasteiger partial charge on any atom is -0.335 e. The Labute approximate surface area is 126 Å². The van der Waals surface area contributed by atoms with Crippen molar-refractivity contribution in [2.45, 2.75) is 46.2 Å². The molecule has 1 aromatic heterocycles. The van der Waals surface area contributed by atoms with Crippen molar-refractivity contribution in [2.75, 3.05) is 6.54 Å². The van der Waals surface area contributed by atoms with Gasteiger partial charge in [-0.2, -0.15) is 0 Å². The van der Waals surface area contributed by atoms with Crippen LogP contribution >= 0.6 is 0 Å². The number of likely N-dealkylation sites (N-methyl/N-ethyl adjacent to an activating group) is 1. The van der Waals surface area contributed by atoms with Gasteiger partial charge in [0, 0.05) is 37.0 Å². The number of nitrogens with one attached hydrogen (secondary N) is 1. The molecule has 114 valence electrons. The Kier molecular flexibility index (Phi) is 5.51. The topological polar surface area (TPSA) is 29.9 Å². The van der Waals surface area contributed by atoms with E-state index in [0.29, 0.717) is 12.0 Å². The lowest BCUT2D eigenvalue weighted by atomic mass is 10.00. The molecule has 3 nitrogen and oxygen atoms in total. The van der Waals surface area contributed by atoms with Gasteiger partial charge in [-0.3, -0.25) is 0 Å². The predicted molar refractivity (Wildman–Crippen MR) is 83.8 cm³/mol. The van der Waals surface area contributed by atoms with Gasteiger partial charge in [-0.25, -0.2) is 9.37 Å². The molecule has 0 saturated heterocycles. The van der Waals surface area contributed by atoms with E-state index in [4.69, 9.17) is 0 Å². The molecule has 1 unspecified atom stereocenters. The molecule has 0 fully saturated rings. The fourth-order valence-corrected chi connectivity index (χ4v) is 2.63. The Morgan fingerprint density at radius 1 is 1.33 bits per heavy atom. The first-order valence-electron chi connectivity index (χ1n) is 7.65.